The molecule has 3 aromatic carbocycles. The van der Waals surface area contributed by atoms with Crippen LogP contribution in [0, 0.1) is 0 Å². The monoisotopic (exact) mass is 482 g/mol. The summed E-state index contributed by atoms with van der Waals surface area (Å²) in [5.41, 5.74) is 2.65. The molecule has 0 spiro atoms. The molecule has 4 aromatic rings. The number of ketones is 1. The van der Waals surface area contributed by atoms with Crippen molar-refractivity contribution in [3.63, 3.8) is 0 Å². The van der Waals surface area contributed by atoms with Crippen LogP contribution in [0.4, 0.5) is 0 Å². The SMILES string of the molecule is O=C(c1cccc(OCCN2CCCCC2)c1)c1c2n(c3cc(O)ccc13)C(=O)c1cc(O)ccc1-2. The Balaban J connectivity index is 1.37. The third kappa shape index (κ3) is 3.72. The molecule has 0 bridgehead atoms. The number of phenols is 2. The van der Waals surface area contributed by atoms with Gasteiger partial charge in [0.15, 0.2) is 5.78 Å². The Labute approximate surface area is 208 Å². The molecule has 2 aliphatic heterocycles. The van der Waals surface area contributed by atoms with Gasteiger partial charge in [-0.1, -0.05) is 18.6 Å². The number of fused-ring (bicyclic) bond motifs is 5. The zero-order valence-electron chi connectivity index (χ0n) is 19.7. The van der Waals surface area contributed by atoms with Crippen molar-refractivity contribution < 1.29 is 24.5 Å². The largest absolute Gasteiger partial charge is 0.508 e. The van der Waals surface area contributed by atoms with Crippen LogP contribution in [0.2, 0.25) is 0 Å². The van der Waals surface area contributed by atoms with Crippen molar-refractivity contribution in [2.45, 2.75) is 19.3 Å². The summed E-state index contributed by atoms with van der Waals surface area (Å²) in [5.74, 6) is 0.00634. The minimum atomic E-state index is -0.347. The molecule has 2 aliphatic rings. The van der Waals surface area contributed by atoms with Gasteiger partial charge < -0.3 is 14.9 Å². The smallest absolute Gasteiger partial charge is 0.263 e. The van der Waals surface area contributed by atoms with E-state index in [2.05, 4.69) is 4.90 Å². The van der Waals surface area contributed by atoms with Crippen molar-refractivity contribution in [1.82, 2.24) is 9.47 Å². The molecule has 0 aliphatic carbocycles. The molecule has 0 saturated carbocycles. The Hall–Kier alpha value is -4.10. The van der Waals surface area contributed by atoms with Gasteiger partial charge >= 0.3 is 0 Å². The van der Waals surface area contributed by atoms with Gasteiger partial charge in [-0.15, -0.1) is 0 Å². The third-order valence-electron chi connectivity index (χ3n) is 7.09. The fraction of sp³-hybridized carbons (Fsp3) is 0.241. The Morgan fingerprint density at radius 3 is 2.50 bits per heavy atom. The zero-order valence-corrected chi connectivity index (χ0v) is 19.7. The van der Waals surface area contributed by atoms with Gasteiger partial charge in [-0.25, -0.2) is 0 Å². The first-order valence-electron chi connectivity index (χ1n) is 12.3. The van der Waals surface area contributed by atoms with E-state index in [9.17, 15) is 19.8 Å². The lowest BCUT2D eigenvalue weighted by Gasteiger charge is -2.26. The molecule has 7 nitrogen and oxygen atoms in total. The molecule has 1 aromatic heterocycles. The number of ether oxygens (including phenoxy) is 1. The minimum absolute atomic E-state index is 0.00231. The average Bonchev–Trinajstić information content (AvgIpc) is 3.36. The molecular formula is C29H26N2O5. The van der Waals surface area contributed by atoms with Crippen LogP contribution < -0.4 is 4.74 Å². The maximum absolute atomic E-state index is 13.9. The van der Waals surface area contributed by atoms with E-state index in [-0.39, 0.29) is 23.2 Å². The number of piperidine rings is 1. The van der Waals surface area contributed by atoms with Crippen LogP contribution >= 0.6 is 0 Å². The zero-order chi connectivity index (χ0) is 24.8. The van der Waals surface area contributed by atoms with Crippen LogP contribution in [0.5, 0.6) is 17.2 Å². The van der Waals surface area contributed by atoms with Gasteiger partial charge in [0.25, 0.3) is 5.91 Å². The predicted molar refractivity (Wildman–Crippen MR) is 136 cm³/mol. The Bertz CT molecular complexity index is 1510. The number of carbonyl (C=O) groups is 2. The molecule has 0 atom stereocenters. The van der Waals surface area contributed by atoms with Crippen LogP contribution in [0.15, 0.2) is 60.7 Å². The lowest BCUT2D eigenvalue weighted by atomic mass is 9.95. The summed E-state index contributed by atoms with van der Waals surface area (Å²) in [4.78, 5) is 29.6. The van der Waals surface area contributed by atoms with Crippen LogP contribution in [0.25, 0.3) is 22.2 Å². The molecule has 0 unspecified atom stereocenters. The van der Waals surface area contributed by atoms with Crippen molar-refractivity contribution >= 4 is 22.6 Å². The van der Waals surface area contributed by atoms with Crippen molar-refractivity contribution in [2.24, 2.45) is 0 Å². The number of aromatic nitrogens is 1. The summed E-state index contributed by atoms with van der Waals surface area (Å²) in [6, 6.07) is 16.3. The fourth-order valence-electron chi connectivity index (χ4n) is 5.36. The third-order valence-corrected chi connectivity index (χ3v) is 7.09. The topological polar surface area (TPSA) is 92.0 Å². The first-order chi connectivity index (χ1) is 17.5. The average molecular weight is 483 g/mol. The number of aromatic hydroxyl groups is 2. The van der Waals surface area contributed by atoms with Crippen LogP contribution in [0.1, 0.15) is 45.5 Å². The number of hydrogen-bond acceptors (Lipinski definition) is 6. The summed E-state index contributed by atoms with van der Waals surface area (Å²) in [5, 5.41) is 20.6. The summed E-state index contributed by atoms with van der Waals surface area (Å²) in [6.45, 7) is 3.60. The van der Waals surface area contributed by atoms with Gasteiger partial charge in [0.1, 0.15) is 23.9 Å². The Morgan fingerprint density at radius 2 is 1.67 bits per heavy atom. The van der Waals surface area contributed by atoms with Gasteiger partial charge in [0, 0.05) is 29.1 Å². The van der Waals surface area contributed by atoms with Gasteiger partial charge in [-0.05, 0) is 68.4 Å². The highest BCUT2D eigenvalue weighted by Gasteiger charge is 2.35. The lowest BCUT2D eigenvalue weighted by molar-refractivity contribution is 0.0973. The van der Waals surface area contributed by atoms with E-state index in [4.69, 9.17) is 4.74 Å². The minimum Gasteiger partial charge on any atom is -0.508 e. The quantitative estimate of drug-likeness (QED) is 0.337. The molecule has 3 heterocycles. The molecule has 1 fully saturated rings. The maximum atomic E-state index is 13.9. The van der Waals surface area contributed by atoms with Gasteiger partial charge in [-0.3, -0.25) is 19.1 Å². The van der Waals surface area contributed by atoms with Crippen molar-refractivity contribution in [2.75, 3.05) is 26.2 Å². The number of hydrogen-bond donors (Lipinski definition) is 2. The fourth-order valence-corrected chi connectivity index (χ4v) is 5.36. The highest BCUT2D eigenvalue weighted by atomic mass is 16.5. The van der Waals surface area contributed by atoms with E-state index in [1.54, 1.807) is 30.3 Å². The number of benzene rings is 3. The number of nitrogens with zero attached hydrogens (tertiary/aromatic N) is 2. The number of rotatable bonds is 6. The van der Waals surface area contributed by atoms with Gasteiger partial charge in [-0.2, -0.15) is 0 Å². The standard InChI is InChI=1S/C29H26N2O5/c32-19-7-9-22-24(16-19)29(35)31-25-17-20(33)8-10-23(25)26(27(22)31)28(34)18-5-4-6-21(15-18)36-14-13-30-11-2-1-3-12-30/h4-10,15-17,32-33H,1-3,11-14H2. The van der Waals surface area contributed by atoms with E-state index in [1.165, 1.54) is 48.1 Å². The summed E-state index contributed by atoms with van der Waals surface area (Å²) >= 11 is 0. The molecule has 182 valence electrons. The molecule has 0 radical (unpaired) electrons. The Kier molecular flexibility index (Phi) is 5.49. The molecule has 7 heteroatoms. The number of likely N-dealkylation sites (tertiary alicyclic amines) is 1. The first kappa shape index (κ1) is 22.4. The molecule has 2 N–H and O–H groups in total. The number of carbonyl (C=O) groups excluding carboxylic acids is 2. The normalized spacial score (nSPS) is 15.2. The second kappa shape index (κ2) is 8.84. The van der Waals surface area contributed by atoms with Gasteiger partial charge in [0.05, 0.1) is 22.3 Å². The molecule has 0 amide bonds. The van der Waals surface area contributed by atoms with Crippen LogP contribution in [0.3, 0.4) is 0 Å². The lowest BCUT2D eigenvalue weighted by Crippen LogP contribution is -2.33. The highest BCUT2D eigenvalue weighted by Crippen LogP contribution is 2.43. The summed E-state index contributed by atoms with van der Waals surface area (Å²) in [6.07, 6.45) is 3.74. The van der Waals surface area contributed by atoms with Gasteiger partial charge in [0.2, 0.25) is 0 Å². The molecule has 36 heavy (non-hydrogen) atoms. The molecular weight excluding hydrogens is 456 g/mol. The number of phenolic OH excluding ortho intramolecular Hbond substituents is 2. The van der Waals surface area contributed by atoms with E-state index in [1.807, 2.05) is 6.07 Å². The first-order valence-corrected chi connectivity index (χ1v) is 12.3. The van der Waals surface area contributed by atoms with Crippen molar-refractivity contribution in [1.29, 1.82) is 0 Å². The van der Waals surface area contributed by atoms with E-state index in [0.717, 1.165) is 19.6 Å². The van der Waals surface area contributed by atoms with E-state index >= 15 is 0 Å². The highest BCUT2D eigenvalue weighted by molar-refractivity contribution is 6.26. The van der Waals surface area contributed by atoms with E-state index < -0.39 is 0 Å². The molecule has 6 rings (SSSR count). The second-order valence-electron chi connectivity index (χ2n) is 9.40. The van der Waals surface area contributed by atoms with E-state index in [0.29, 0.717) is 51.2 Å². The van der Waals surface area contributed by atoms with Crippen molar-refractivity contribution in [3.8, 4) is 28.5 Å². The van der Waals surface area contributed by atoms with Crippen LogP contribution in [-0.4, -0.2) is 57.6 Å². The predicted octanol–water partition coefficient (Wildman–Crippen LogP) is 4.82. The molecule has 1 saturated heterocycles. The summed E-state index contributed by atoms with van der Waals surface area (Å²) < 4.78 is 7.43. The van der Waals surface area contributed by atoms with Crippen molar-refractivity contribution in [3.05, 3.63) is 77.4 Å². The Morgan fingerprint density at radius 1 is 0.889 bits per heavy atom. The summed E-state index contributed by atoms with van der Waals surface area (Å²) in [7, 11) is 0. The second-order valence-corrected chi connectivity index (χ2v) is 9.40. The van der Waals surface area contributed by atoms with Crippen LogP contribution in [-0.2, 0) is 0 Å². The maximum Gasteiger partial charge on any atom is 0.263 e.